The number of hydrogen-bond acceptors (Lipinski definition) is 1. The molecule has 1 saturated carbocycles. The van der Waals surface area contributed by atoms with Crippen LogP contribution in [0.1, 0.15) is 31.2 Å². The van der Waals surface area contributed by atoms with E-state index in [1.807, 2.05) is 12.1 Å². The summed E-state index contributed by atoms with van der Waals surface area (Å²) in [4.78, 5) is 0. The minimum Gasteiger partial charge on any atom is -0.330 e. The fourth-order valence-electron chi connectivity index (χ4n) is 2.49. The lowest BCUT2D eigenvalue weighted by molar-refractivity contribution is 0.453. The van der Waals surface area contributed by atoms with Gasteiger partial charge in [0, 0.05) is 12.0 Å². The average Bonchev–Trinajstić information content (AvgIpc) is 2.72. The van der Waals surface area contributed by atoms with Crippen LogP contribution in [0.2, 0.25) is 10.0 Å². The monoisotopic (exact) mass is 243 g/mol. The highest BCUT2D eigenvalue weighted by Crippen LogP contribution is 2.41. The van der Waals surface area contributed by atoms with Gasteiger partial charge in [0.15, 0.2) is 0 Å². The summed E-state index contributed by atoms with van der Waals surface area (Å²) in [5, 5.41) is 1.25. The Kier molecular flexibility index (Phi) is 3.24. The number of nitrogens with two attached hydrogens (primary N) is 1. The summed E-state index contributed by atoms with van der Waals surface area (Å²) in [5.74, 6) is 0. The summed E-state index contributed by atoms with van der Waals surface area (Å²) in [5.41, 5.74) is 7.31. The highest BCUT2D eigenvalue weighted by Gasteiger charge is 2.34. The van der Waals surface area contributed by atoms with Gasteiger partial charge in [0.2, 0.25) is 0 Å². The molecule has 1 fully saturated rings. The topological polar surface area (TPSA) is 26.0 Å². The van der Waals surface area contributed by atoms with E-state index in [0.29, 0.717) is 16.6 Å². The van der Waals surface area contributed by atoms with Crippen LogP contribution in [0.15, 0.2) is 18.2 Å². The molecule has 1 aliphatic rings. The lowest BCUT2D eigenvalue weighted by Gasteiger charge is -2.28. The summed E-state index contributed by atoms with van der Waals surface area (Å²) in [7, 11) is 0. The maximum Gasteiger partial charge on any atom is 0.0595 e. The zero-order valence-electron chi connectivity index (χ0n) is 8.60. The van der Waals surface area contributed by atoms with E-state index >= 15 is 0 Å². The maximum atomic E-state index is 6.04. The zero-order chi connectivity index (χ0) is 10.9. The molecule has 1 nitrogen and oxygen atoms in total. The number of hydrogen-bond donors (Lipinski definition) is 1. The van der Waals surface area contributed by atoms with Gasteiger partial charge in [0.05, 0.1) is 10.0 Å². The summed E-state index contributed by atoms with van der Waals surface area (Å²) >= 11 is 12.0. The SMILES string of the molecule is NCC1(c2ccc(Cl)c(Cl)c2)CCCC1. The molecule has 0 spiro atoms. The number of halogens is 2. The van der Waals surface area contributed by atoms with Crippen molar-refractivity contribution in [2.24, 2.45) is 5.73 Å². The quantitative estimate of drug-likeness (QED) is 0.842. The Bertz CT molecular complexity index is 357. The van der Waals surface area contributed by atoms with Crippen LogP contribution in [0.25, 0.3) is 0 Å². The van der Waals surface area contributed by atoms with E-state index in [1.54, 1.807) is 0 Å². The van der Waals surface area contributed by atoms with Crippen LogP contribution >= 0.6 is 23.2 Å². The van der Waals surface area contributed by atoms with Crippen LogP contribution in [0.4, 0.5) is 0 Å². The van der Waals surface area contributed by atoms with Gasteiger partial charge in [-0.15, -0.1) is 0 Å². The van der Waals surface area contributed by atoms with Crippen LogP contribution in [0, 0.1) is 0 Å². The lowest BCUT2D eigenvalue weighted by atomic mass is 9.79. The molecule has 0 unspecified atom stereocenters. The third-order valence-corrected chi connectivity index (χ3v) is 4.22. The van der Waals surface area contributed by atoms with Gasteiger partial charge in [-0.2, -0.15) is 0 Å². The van der Waals surface area contributed by atoms with Crippen molar-refractivity contribution < 1.29 is 0 Å². The van der Waals surface area contributed by atoms with Crippen molar-refractivity contribution >= 4 is 23.2 Å². The first kappa shape index (κ1) is 11.3. The second-order valence-electron chi connectivity index (χ2n) is 4.32. The Labute approximate surface area is 101 Å². The molecule has 3 heteroatoms. The minimum absolute atomic E-state index is 0.147. The maximum absolute atomic E-state index is 6.04. The molecular weight excluding hydrogens is 229 g/mol. The molecule has 1 aromatic carbocycles. The molecule has 0 aromatic heterocycles. The van der Waals surface area contributed by atoms with Crippen LogP contribution < -0.4 is 5.73 Å². The number of rotatable bonds is 2. The highest BCUT2D eigenvalue weighted by molar-refractivity contribution is 6.42. The van der Waals surface area contributed by atoms with Gasteiger partial charge < -0.3 is 5.73 Å². The molecule has 0 bridgehead atoms. The van der Waals surface area contributed by atoms with Crippen LogP contribution in [0.3, 0.4) is 0 Å². The molecule has 1 aliphatic carbocycles. The second-order valence-corrected chi connectivity index (χ2v) is 5.13. The van der Waals surface area contributed by atoms with Gasteiger partial charge in [-0.1, -0.05) is 42.1 Å². The van der Waals surface area contributed by atoms with Gasteiger partial charge in [-0.25, -0.2) is 0 Å². The van der Waals surface area contributed by atoms with E-state index in [-0.39, 0.29) is 5.41 Å². The Morgan fingerprint density at radius 1 is 1.13 bits per heavy atom. The fraction of sp³-hybridized carbons (Fsp3) is 0.500. The molecule has 0 atom stereocenters. The van der Waals surface area contributed by atoms with Crippen LogP contribution in [0.5, 0.6) is 0 Å². The summed E-state index contributed by atoms with van der Waals surface area (Å²) < 4.78 is 0. The van der Waals surface area contributed by atoms with E-state index in [0.717, 1.165) is 0 Å². The molecule has 1 aromatic rings. The van der Waals surface area contributed by atoms with E-state index in [1.165, 1.54) is 31.2 Å². The molecule has 0 radical (unpaired) electrons. The van der Waals surface area contributed by atoms with Gasteiger partial charge in [-0.05, 0) is 30.5 Å². The van der Waals surface area contributed by atoms with E-state index in [9.17, 15) is 0 Å². The Balaban J connectivity index is 2.38. The average molecular weight is 244 g/mol. The highest BCUT2D eigenvalue weighted by atomic mass is 35.5. The summed E-state index contributed by atoms with van der Waals surface area (Å²) in [6.07, 6.45) is 4.86. The first-order valence-electron chi connectivity index (χ1n) is 5.33. The lowest BCUT2D eigenvalue weighted by Crippen LogP contribution is -2.31. The molecule has 82 valence electrons. The van der Waals surface area contributed by atoms with E-state index in [2.05, 4.69) is 6.07 Å². The first-order valence-corrected chi connectivity index (χ1v) is 6.09. The van der Waals surface area contributed by atoms with Crippen molar-refractivity contribution in [3.8, 4) is 0 Å². The fourth-order valence-corrected chi connectivity index (χ4v) is 2.79. The van der Waals surface area contributed by atoms with E-state index in [4.69, 9.17) is 28.9 Å². The zero-order valence-corrected chi connectivity index (χ0v) is 10.1. The van der Waals surface area contributed by atoms with Gasteiger partial charge in [0.25, 0.3) is 0 Å². The molecule has 15 heavy (non-hydrogen) atoms. The van der Waals surface area contributed by atoms with Crippen molar-refractivity contribution in [3.05, 3.63) is 33.8 Å². The summed E-state index contributed by atoms with van der Waals surface area (Å²) in [6, 6.07) is 5.91. The molecule has 0 heterocycles. The predicted molar refractivity (Wildman–Crippen MR) is 65.7 cm³/mol. The number of benzene rings is 1. The van der Waals surface area contributed by atoms with Gasteiger partial charge in [-0.3, -0.25) is 0 Å². The summed E-state index contributed by atoms with van der Waals surface area (Å²) in [6.45, 7) is 0.699. The largest absolute Gasteiger partial charge is 0.330 e. The minimum atomic E-state index is 0.147. The van der Waals surface area contributed by atoms with Crippen LogP contribution in [-0.4, -0.2) is 6.54 Å². The molecule has 0 amide bonds. The first-order chi connectivity index (χ1) is 7.18. The molecule has 2 N–H and O–H groups in total. The van der Waals surface area contributed by atoms with Gasteiger partial charge >= 0.3 is 0 Å². The van der Waals surface area contributed by atoms with Crippen LogP contribution in [-0.2, 0) is 5.41 Å². The standard InChI is InChI=1S/C12H15Cl2N/c13-10-4-3-9(7-11(10)14)12(8-15)5-1-2-6-12/h3-4,7H,1-2,5-6,8,15H2. The second kappa shape index (κ2) is 4.32. The van der Waals surface area contributed by atoms with E-state index < -0.39 is 0 Å². The normalized spacial score (nSPS) is 19.4. The van der Waals surface area contributed by atoms with Crippen molar-refractivity contribution in [3.63, 3.8) is 0 Å². The van der Waals surface area contributed by atoms with Crippen molar-refractivity contribution in [1.29, 1.82) is 0 Å². The molecule has 0 saturated heterocycles. The Hall–Kier alpha value is -0.240. The molecular formula is C12H15Cl2N. The smallest absolute Gasteiger partial charge is 0.0595 e. The van der Waals surface area contributed by atoms with Crippen molar-refractivity contribution in [1.82, 2.24) is 0 Å². The van der Waals surface area contributed by atoms with Crippen molar-refractivity contribution in [2.75, 3.05) is 6.54 Å². The third kappa shape index (κ3) is 2.01. The Morgan fingerprint density at radius 2 is 1.80 bits per heavy atom. The predicted octanol–water partition coefficient (Wildman–Crippen LogP) is 3.76. The molecule has 2 rings (SSSR count). The Morgan fingerprint density at radius 3 is 2.33 bits per heavy atom. The van der Waals surface area contributed by atoms with Crippen molar-refractivity contribution in [2.45, 2.75) is 31.1 Å². The third-order valence-electron chi connectivity index (χ3n) is 3.48. The van der Waals surface area contributed by atoms with Gasteiger partial charge in [0.1, 0.15) is 0 Å². The molecule has 0 aliphatic heterocycles.